The third-order valence-corrected chi connectivity index (χ3v) is 31.3. The van der Waals surface area contributed by atoms with E-state index >= 15 is 4.79 Å². The van der Waals surface area contributed by atoms with E-state index in [1.165, 1.54) is 0 Å². The maximum Gasteiger partial charge on any atom is 0.259 e. The Morgan fingerprint density at radius 3 is 0.846 bits per heavy atom. The fourth-order valence-electron chi connectivity index (χ4n) is 18.3. The van der Waals surface area contributed by atoms with E-state index in [1.807, 2.05) is 0 Å². The predicted octanol–water partition coefficient (Wildman–Crippen LogP) is 13.6. The first kappa shape index (κ1) is 132. The summed E-state index contributed by atoms with van der Waals surface area (Å²) in [6, 6.07) is 6.33. The number of terminal acetylenes is 6. The van der Waals surface area contributed by atoms with E-state index in [0.717, 1.165) is 0 Å². The maximum atomic E-state index is 15.0. The molecule has 33 nitrogen and oxygen atoms in total. The first-order valence-electron chi connectivity index (χ1n) is 51.7. The standard InChI is InChI=1S/C51H81N4O12P.C42H64N2O11.C15H32N3OP/c1-8-29-60-36-39-63-32-11-13-45(56)14-17-49(18-15-47(58)53-27-34-64-40-37-61-30-9-2,19-16-48(59)54-28-35-65-41-38-62-31-10-3)42-46(57)50-20-23-51(24-21-50,25-22-50)67-68(66-33-12-26-52)55(43(4)5)44(6)7;1-4-23-50-29-32-53-26-7-8-36(45)9-12-40(13-10-38(47)43-21-27-54-33-30-51-24-5-2,14-11-39(48)44-22-28-55-34-31-52-25-6-3)35-37(46)41-15-18-42(49,19-16-41)20-17-41;1-12(2)17(13(3)4)20(19-11-9-10-16)18(14(5)6)15(7)8/h1-3,43-44H,11-25,27-42H2,4-7H3,(H,53,58)(H,54,59);1-3,49H,7-35H2,(H,43,47)(H,44,48);12-15H,9,11H2,1-8H3. The lowest BCUT2D eigenvalue weighted by Crippen LogP contribution is -2.52. The lowest BCUT2D eigenvalue weighted by molar-refractivity contribution is -0.149. The molecule has 808 valence electrons. The lowest BCUT2D eigenvalue weighted by atomic mass is 9.55. The topological polar surface area (TPSA) is 401 Å². The molecule has 0 spiro atoms. The van der Waals surface area contributed by atoms with E-state index in [9.17, 15) is 43.9 Å². The van der Waals surface area contributed by atoms with Gasteiger partial charge < -0.3 is 96.8 Å². The van der Waals surface area contributed by atoms with Gasteiger partial charge in [0.15, 0.2) is 8.45 Å². The molecule has 143 heavy (non-hydrogen) atoms. The Morgan fingerprint density at radius 2 is 0.580 bits per heavy atom. The van der Waals surface area contributed by atoms with E-state index < -0.39 is 49.8 Å². The van der Waals surface area contributed by atoms with Gasteiger partial charge in [-0.15, -0.1) is 38.5 Å². The van der Waals surface area contributed by atoms with E-state index in [1.54, 1.807) is 0 Å². The summed E-state index contributed by atoms with van der Waals surface area (Å²) < 4.78 is 91.1. The zero-order chi connectivity index (χ0) is 106. The molecule has 6 saturated carbocycles. The molecule has 6 fully saturated rings. The van der Waals surface area contributed by atoms with Crippen molar-refractivity contribution in [2.24, 2.45) is 21.7 Å². The van der Waals surface area contributed by atoms with Gasteiger partial charge in [-0.2, -0.15) is 10.5 Å². The second-order valence-corrected chi connectivity index (χ2v) is 41.9. The molecule has 6 rings (SSSR count). The molecule has 1 unspecified atom stereocenters. The number of hydrogen-bond donors (Lipinski definition) is 5. The van der Waals surface area contributed by atoms with Crippen LogP contribution in [0.15, 0.2) is 0 Å². The number of aliphatic hydroxyl groups is 1. The van der Waals surface area contributed by atoms with Gasteiger partial charge in [0.05, 0.1) is 155 Å². The van der Waals surface area contributed by atoms with Crippen molar-refractivity contribution in [3.05, 3.63) is 0 Å². The zero-order valence-corrected chi connectivity index (χ0v) is 90.5. The average molecular weight is 2050 g/mol. The summed E-state index contributed by atoms with van der Waals surface area (Å²) in [6.45, 7) is 35.5. The Morgan fingerprint density at radius 1 is 0.329 bits per heavy atom. The number of hydrogen-bond acceptors (Lipinski definition) is 29. The van der Waals surface area contributed by atoms with Crippen molar-refractivity contribution < 1.29 is 114 Å². The van der Waals surface area contributed by atoms with Gasteiger partial charge in [0.2, 0.25) is 23.6 Å². The number of nitrogens with one attached hydrogen (secondary N) is 4. The third-order valence-electron chi connectivity index (χ3n) is 26.0. The van der Waals surface area contributed by atoms with Crippen LogP contribution < -0.4 is 21.3 Å². The zero-order valence-electron chi connectivity index (χ0n) is 88.7. The van der Waals surface area contributed by atoms with E-state index in [4.69, 9.17) is 114 Å². The SMILES string of the molecule is C#CCOCCOCCCC(=O)CCC(CCC(=O)NCCOCCOCC#C)(CCC(=O)NCCOCCOCC#C)CC(=O)C12CCC(O)(CC1)CC2.C#CCOCCOCCCC(=O)CCC(CCC(=O)NCCOCCOCC#C)(CCC(=O)NCCOCCOCC#C)CC(=O)C12CCC(OP(OCCC#N)N(C(C)C)C(C)C)(CC1)CC2.CC(C)N(C(C)C)P(OCCC#N)N(C(C)C)C(C)C. The van der Waals surface area contributed by atoms with Crippen molar-refractivity contribution in [3.8, 4) is 86.2 Å². The number of ether oxygens (including phenoxy) is 12. The van der Waals surface area contributed by atoms with Gasteiger partial charge in [-0.25, -0.2) is 14.0 Å². The van der Waals surface area contributed by atoms with Crippen LogP contribution in [-0.4, -0.2) is 311 Å². The monoisotopic (exact) mass is 2050 g/mol. The summed E-state index contributed by atoms with van der Waals surface area (Å²) >= 11 is 0. The van der Waals surface area contributed by atoms with Crippen molar-refractivity contribution in [1.29, 1.82) is 10.5 Å². The number of carbonyl (C=O) groups excluding carboxylic acids is 8. The van der Waals surface area contributed by atoms with E-state index in [2.05, 4.69) is 166 Å². The number of Topliss-reactive ketones (excluding diaryl/α,β-unsaturated/α-hetero) is 4. The van der Waals surface area contributed by atoms with Crippen LogP contribution in [0.25, 0.3) is 0 Å². The molecule has 6 aliphatic carbocycles. The summed E-state index contributed by atoms with van der Waals surface area (Å²) in [5.74, 6) is 13.8. The van der Waals surface area contributed by atoms with Crippen LogP contribution in [0.3, 0.4) is 0 Å². The maximum absolute atomic E-state index is 15.0. The molecule has 0 aromatic carbocycles. The van der Waals surface area contributed by atoms with Crippen LogP contribution in [0, 0.1) is 118 Å². The molecule has 0 heterocycles. The Kier molecular flexibility index (Phi) is 73.1. The first-order valence-corrected chi connectivity index (χ1v) is 54.0. The van der Waals surface area contributed by atoms with Gasteiger partial charge >= 0.3 is 0 Å². The normalized spacial score (nSPS) is 17.7. The van der Waals surface area contributed by atoms with Crippen molar-refractivity contribution in [2.45, 2.75) is 336 Å². The molecule has 4 bridgehead atoms. The molecule has 0 aromatic rings. The Hall–Kier alpha value is -7.00. The second-order valence-electron chi connectivity index (χ2n) is 38.8. The predicted molar refractivity (Wildman–Crippen MR) is 554 cm³/mol. The molecule has 0 saturated heterocycles. The third kappa shape index (κ3) is 57.4. The van der Waals surface area contributed by atoms with Crippen molar-refractivity contribution in [3.63, 3.8) is 0 Å². The minimum atomic E-state index is -1.46. The van der Waals surface area contributed by atoms with Crippen molar-refractivity contribution in [1.82, 2.24) is 35.3 Å². The molecule has 35 heteroatoms. The van der Waals surface area contributed by atoms with Crippen LogP contribution >= 0.6 is 17.0 Å². The molecular weight excluding hydrogens is 1870 g/mol. The van der Waals surface area contributed by atoms with Crippen molar-refractivity contribution >= 4 is 63.7 Å². The van der Waals surface area contributed by atoms with Crippen LogP contribution in [0.1, 0.15) is 289 Å². The van der Waals surface area contributed by atoms with Gasteiger partial charge in [-0.1, -0.05) is 35.5 Å². The number of nitriles is 2. The van der Waals surface area contributed by atoms with Crippen molar-refractivity contribution in [2.75, 3.05) is 198 Å². The summed E-state index contributed by atoms with van der Waals surface area (Å²) in [6.07, 6.45) is 44.2. The summed E-state index contributed by atoms with van der Waals surface area (Å²) in [7, 11) is -2.30. The molecule has 4 amide bonds. The van der Waals surface area contributed by atoms with Crippen LogP contribution in [-0.2, 0) is 109 Å². The Labute approximate surface area is 860 Å². The van der Waals surface area contributed by atoms with Crippen LogP contribution in [0.5, 0.6) is 0 Å². The second kappa shape index (κ2) is 79.2. The molecule has 6 aliphatic rings. The number of nitrogens with zero attached hydrogens (tertiary/aromatic N) is 5. The van der Waals surface area contributed by atoms with Crippen LogP contribution in [0.4, 0.5) is 0 Å². The number of carbonyl (C=O) groups is 8. The van der Waals surface area contributed by atoms with Gasteiger partial charge in [-0.05, 0) is 222 Å². The largest absolute Gasteiger partial charge is 0.390 e. The lowest BCUT2D eigenvalue weighted by Gasteiger charge is -2.54. The summed E-state index contributed by atoms with van der Waals surface area (Å²) in [4.78, 5) is 109. The molecule has 0 aromatic heterocycles. The number of ketones is 4. The molecule has 0 aliphatic heterocycles. The van der Waals surface area contributed by atoms with E-state index in [0.29, 0.717) is 291 Å². The van der Waals surface area contributed by atoms with E-state index in [-0.39, 0.29) is 196 Å². The number of amides is 4. The fraction of sp³-hybridized carbons (Fsp3) is 0.796. The highest BCUT2D eigenvalue weighted by molar-refractivity contribution is 7.47. The smallest absolute Gasteiger partial charge is 0.259 e. The van der Waals surface area contributed by atoms with Gasteiger partial charge in [-0.3, -0.25) is 38.4 Å². The minimum Gasteiger partial charge on any atom is -0.390 e. The fourth-order valence-corrected chi connectivity index (χ4v) is 22.5. The first-order chi connectivity index (χ1) is 68.6. The quantitative estimate of drug-likeness (QED) is 0.0214. The Bertz CT molecular complexity index is 3610. The number of rotatable bonds is 85. The highest BCUT2D eigenvalue weighted by Crippen LogP contribution is 2.62. The highest BCUT2D eigenvalue weighted by Gasteiger charge is 2.56. The molecule has 5 N–H and O–H groups in total. The van der Waals surface area contributed by atoms with Crippen LogP contribution in [0.2, 0.25) is 0 Å². The van der Waals surface area contributed by atoms with Gasteiger partial charge in [0, 0.05) is 151 Å². The summed E-state index contributed by atoms with van der Waals surface area (Å²) in [5.41, 5.74) is -3.86. The molecular formula is C108H177N9O24P2. The molecule has 1 atom stereocenters. The minimum absolute atomic E-state index is 0.0235. The summed E-state index contributed by atoms with van der Waals surface area (Å²) in [5, 5.41) is 40.4. The Balaban J connectivity index is 0.000000821. The number of fused-ring (bicyclic) bond motifs is 6. The van der Waals surface area contributed by atoms with Gasteiger partial charge in [0.25, 0.3) is 8.53 Å². The molecule has 0 radical (unpaired) electrons. The van der Waals surface area contributed by atoms with Gasteiger partial charge in [0.1, 0.15) is 62.8 Å². The highest BCUT2D eigenvalue weighted by atomic mass is 31.2. The average Bonchev–Trinajstić information content (AvgIpc) is 0.745.